The number of benzene rings is 1. The highest BCUT2D eigenvalue weighted by atomic mass is 15.3. The fourth-order valence-electron chi connectivity index (χ4n) is 4.62. The van der Waals surface area contributed by atoms with Gasteiger partial charge in [0.2, 0.25) is 5.95 Å². The summed E-state index contributed by atoms with van der Waals surface area (Å²) in [5.74, 6) is 1.51. The molecule has 34 heavy (non-hydrogen) atoms. The molecular weight excluding hydrogens is 424 g/mol. The summed E-state index contributed by atoms with van der Waals surface area (Å²) in [6.07, 6.45) is 13.1. The Labute approximate surface area is 200 Å². The van der Waals surface area contributed by atoms with Crippen LogP contribution >= 0.6 is 0 Å². The van der Waals surface area contributed by atoms with Crippen molar-refractivity contribution >= 4 is 28.4 Å². The van der Waals surface area contributed by atoms with E-state index in [0.717, 1.165) is 71.8 Å². The molecule has 0 radical (unpaired) electrons. The number of pyridine rings is 1. The number of anilines is 3. The number of hydrogen-bond donors (Lipinski definition) is 1. The molecule has 0 atom stereocenters. The lowest BCUT2D eigenvalue weighted by Crippen LogP contribution is -2.32. The van der Waals surface area contributed by atoms with Gasteiger partial charge in [0, 0.05) is 61.6 Å². The van der Waals surface area contributed by atoms with Gasteiger partial charge in [0.1, 0.15) is 5.82 Å². The van der Waals surface area contributed by atoms with Crippen molar-refractivity contribution in [3.05, 3.63) is 60.9 Å². The maximum absolute atomic E-state index is 4.73. The fraction of sp³-hybridized carbons (Fsp3) is 0.346. The van der Waals surface area contributed by atoms with Crippen LogP contribution in [-0.4, -0.2) is 62.5 Å². The summed E-state index contributed by atoms with van der Waals surface area (Å²) in [4.78, 5) is 27.4. The highest BCUT2D eigenvalue weighted by molar-refractivity contribution is 5.97. The molecule has 1 N–H and O–H groups in total. The molecule has 174 valence electrons. The first-order chi connectivity index (χ1) is 16.7. The van der Waals surface area contributed by atoms with Crippen molar-refractivity contribution in [2.45, 2.75) is 26.7 Å². The average Bonchev–Trinajstić information content (AvgIpc) is 3.12. The van der Waals surface area contributed by atoms with Crippen molar-refractivity contribution in [3.8, 4) is 11.1 Å². The van der Waals surface area contributed by atoms with Crippen LogP contribution in [0.15, 0.2) is 55.4 Å². The average molecular weight is 455 g/mol. The van der Waals surface area contributed by atoms with Crippen LogP contribution in [0, 0.1) is 6.92 Å². The molecule has 0 saturated carbocycles. The normalized spacial score (nSPS) is 14.8. The van der Waals surface area contributed by atoms with Crippen LogP contribution in [0.5, 0.6) is 0 Å². The number of nitrogens with one attached hydrogen (secondary N) is 1. The minimum Gasteiger partial charge on any atom is -0.339 e. The molecule has 0 unspecified atom stereocenters. The number of rotatable bonds is 6. The third-order valence-corrected chi connectivity index (χ3v) is 6.35. The lowest BCUT2D eigenvalue weighted by Gasteiger charge is -2.21. The van der Waals surface area contributed by atoms with Crippen LogP contribution in [0.25, 0.3) is 22.0 Å². The Morgan fingerprint density at radius 2 is 1.76 bits per heavy atom. The van der Waals surface area contributed by atoms with E-state index < -0.39 is 0 Å². The van der Waals surface area contributed by atoms with Crippen molar-refractivity contribution in [2.24, 2.45) is 0 Å². The summed E-state index contributed by atoms with van der Waals surface area (Å²) in [6.45, 7) is 9.70. The summed E-state index contributed by atoms with van der Waals surface area (Å²) < 4.78 is 0. The van der Waals surface area contributed by atoms with E-state index in [9.17, 15) is 0 Å². The monoisotopic (exact) mass is 454 g/mol. The molecule has 0 bridgehead atoms. The third-order valence-electron chi connectivity index (χ3n) is 6.35. The number of nitrogens with zero attached hydrogens (tertiary/aromatic N) is 7. The summed E-state index contributed by atoms with van der Waals surface area (Å²) >= 11 is 0. The van der Waals surface area contributed by atoms with Gasteiger partial charge < -0.3 is 15.1 Å². The molecule has 1 saturated heterocycles. The summed E-state index contributed by atoms with van der Waals surface area (Å²) in [5.41, 5.74) is 5.08. The first-order valence-electron chi connectivity index (χ1n) is 11.9. The Morgan fingerprint density at radius 3 is 2.56 bits per heavy atom. The Bertz CT molecular complexity index is 1240. The van der Waals surface area contributed by atoms with E-state index in [1.165, 1.54) is 13.0 Å². The second kappa shape index (κ2) is 10.1. The maximum Gasteiger partial charge on any atom is 0.225 e. The molecule has 5 rings (SSSR count). The summed E-state index contributed by atoms with van der Waals surface area (Å²) in [5, 5.41) is 4.38. The van der Waals surface area contributed by atoms with Gasteiger partial charge in [0.05, 0.1) is 17.4 Å². The van der Waals surface area contributed by atoms with Gasteiger partial charge in [-0.1, -0.05) is 19.1 Å². The molecule has 4 aromatic rings. The molecule has 0 amide bonds. The van der Waals surface area contributed by atoms with Gasteiger partial charge in [0.15, 0.2) is 0 Å². The van der Waals surface area contributed by atoms with Gasteiger partial charge in [-0.15, -0.1) is 0 Å². The van der Waals surface area contributed by atoms with E-state index >= 15 is 0 Å². The van der Waals surface area contributed by atoms with Gasteiger partial charge in [-0.25, -0.2) is 15.0 Å². The number of fused-ring (bicyclic) bond motifs is 1. The molecular formula is C26H30N8. The Morgan fingerprint density at radius 1 is 0.882 bits per heavy atom. The van der Waals surface area contributed by atoms with Crippen LogP contribution in [0.3, 0.4) is 0 Å². The zero-order valence-electron chi connectivity index (χ0n) is 19.8. The fourth-order valence-corrected chi connectivity index (χ4v) is 4.62. The van der Waals surface area contributed by atoms with Crippen molar-refractivity contribution in [1.29, 1.82) is 0 Å². The van der Waals surface area contributed by atoms with Crippen LogP contribution < -0.4 is 10.2 Å². The lowest BCUT2D eigenvalue weighted by atomic mass is 9.99. The predicted molar refractivity (Wildman–Crippen MR) is 136 cm³/mol. The van der Waals surface area contributed by atoms with Gasteiger partial charge in [-0.05, 0) is 50.0 Å². The van der Waals surface area contributed by atoms with Gasteiger partial charge >= 0.3 is 0 Å². The third kappa shape index (κ3) is 4.68. The lowest BCUT2D eigenvalue weighted by molar-refractivity contribution is 0.294. The topological polar surface area (TPSA) is 83.0 Å². The van der Waals surface area contributed by atoms with E-state index in [0.29, 0.717) is 5.82 Å². The van der Waals surface area contributed by atoms with E-state index in [2.05, 4.69) is 56.0 Å². The minimum absolute atomic E-state index is 0.701. The molecule has 1 aliphatic rings. The molecule has 0 aliphatic carbocycles. The number of aromatic nitrogens is 5. The molecule has 1 aromatic carbocycles. The molecule has 8 heteroatoms. The van der Waals surface area contributed by atoms with E-state index in [1.807, 2.05) is 24.7 Å². The number of aryl methyl sites for hydroxylation is 1. The standard InChI is InChI=1S/C26H30N8/c1-3-11-33-12-4-13-34(15-14-33)26-30-16-20(17-31-26)21-5-6-22-23(7-8-29-25(22)19(21)2)32-24-18-27-9-10-28-24/h5-10,16-18H,3-4,11-15H2,1-2H3,(H,28,29,32). The second-order valence-corrected chi connectivity index (χ2v) is 8.66. The number of hydrogen-bond acceptors (Lipinski definition) is 8. The molecule has 0 spiro atoms. The van der Waals surface area contributed by atoms with Gasteiger partial charge in [0.25, 0.3) is 0 Å². The smallest absolute Gasteiger partial charge is 0.225 e. The summed E-state index contributed by atoms with van der Waals surface area (Å²) in [6, 6.07) is 6.17. The van der Waals surface area contributed by atoms with E-state index in [1.54, 1.807) is 18.6 Å². The van der Waals surface area contributed by atoms with Gasteiger partial charge in [-0.2, -0.15) is 0 Å². The molecule has 1 aliphatic heterocycles. The van der Waals surface area contributed by atoms with Crippen LogP contribution in [0.1, 0.15) is 25.3 Å². The van der Waals surface area contributed by atoms with Crippen molar-refractivity contribution in [2.75, 3.05) is 42.9 Å². The Kier molecular flexibility index (Phi) is 6.58. The zero-order valence-corrected chi connectivity index (χ0v) is 19.8. The second-order valence-electron chi connectivity index (χ2n) is 8.66. The first kappa shape index (κ1) is 22.2. The van der Waals surface area contributed by atoms with E-state index in [4.69, 9.17) is 9.97 Å². The van der Waals surface area contributed by atoms with Crippen molar-refractivity contribution < 1.29 is 0 Å². The summed E-state index contributed by atoms with van der Waals surface area (Å²) in [7, 11) is 0. The van der Waals surface area contributed by atoms with Gasteiger partial charge in [-0.3, -0.25) is 9.97 Å². The Balaban J connectivity index is 1.38. The molecule has 1 fully saturated rings. The SMILES string of the molecule is CCCN1CCCN(c2ncc(-c3ccc4c(Nc5cnccn5)ccnc4c3C)cn2)CC1. The minimum atomic E-state index is 0.701. The Hall–Kier alpha value is -3.65. The first-order valence-corrected chi connectivity index (χ1v) is 11.9. The molecule has 3 aromatic heterocycles. The van der Waals surface area contributed by atoms with E-state index in [-0.39, 0.29) is 0 Å². The molecule has 4 heterocycles. The van der Waals surface area contributed by atoms with Crippen LogP contribution in [0.4, 0.5) is 17.5 Å². The highest BCUT2D eigenvalue weighted by Crippen LogP contribution is 2.32. The van der Waals surface area contributed by atoms with Crippen molar-refractivity contribution in [1.82, 2.24) is 29.8 Å². The van der Waals surface area contributed by atoms with Crippen molar-refractivity contribution in [3.63, 3.8) is 0 Å². The largest absolute Gasteiger partial charge is 0.339 e. The zero-order chi connectivity index (χ0) is 23.3. The van der Waals surface area contributed by atoms with Crippen LogP contribution in [0.2, 0.25) is 0 Å². The quantitative estimate of drug-likeness (QED) is 0.457. The van der Waals surface area contributed by atoms with Crippen LogP contribution in [-0.2, 0) is 0 Å². The predicted octanol–water partition coefficient (Wildman–Crippen LogP) is 4.46. The maximum atomic E-state index is 4.73. The highest BCUT2D eigenvalue weighted by Gasteiger charge is 2.17. The molecule has 8 nitrogen and oxygen atoms in total.